The van der Waals surface area contributed by atoms with Gasteiger partial charge >= 0.3 is 5.97 Å². The predicted octanol–water partition coefficient (Wildman–Crippen LogP) is 3.23. The molecule has 6 heteroatoms. The smallest absolute Gasteiger partial charge is 0.356 e. The quantitative estimate of drug-likeness (QED) is 0.756. The Morgan fingerprint density at radius 2 is 2.17 bits per heavy atom. The first-order chi connectivity index (χ1) is 11.0. The maximum absolute atomic E-state index is 12.0. The zero-order valence-corrected chi connectivity index (χ0v) is 14.2. The van der Waals surface area contributed by atoms with Crippen LogP contribution in [0.5, 0.6) is 0 Å². The van der Waals surface area contributed by atoms with Gasteiger partial charge in [-0.25, -0.2) is 4.79 Å². The van der Waals surface area contributed by atoms with Crippen molar-refractivity contribution in [2.45, 2.75) is 46.8 Å². The van der Waals surface area contributed by atoms with Crippen LogP contribution < -0.4 is 0 Å². The Labute approximate surface area is 136 Å². The van der Waals surface area contributed by atoms with Crippen LogP contribution in [0.1, 0.15) is 49.5 Å². The largest absolute Gasteiger partial charge is 0.468 e. The highest BCUT2D eigenvalue weighted by atomic mass is 16.5. The Morgan fingerprint density at radius 1 is 1.39 bits per heavy atom. The van der Waals surface area contributed by atoms with Gasteiger partial charge in [-0.15, -0.1) is 0 Å². The number of aromatic nitrogens is 2. The average Bonchev–Trinajstić information content (AvgIpc) is 3.17. The maximum Gasteiger partial charge on any atom is 0.356 e. The van der Waals surface area contributed by atoms with Crippen molar-refractivity contribution < 1.29 is 13.9 Å². The van der Waals surface area contributed by atoms with Gasteiger partial charge in [0, 0.05) is 18.2 Å². The van der Waals surface area contributed by atoms with E-state index in [9.17, 15) is 4.79 Å². The molecule has 0 aliphatic carbocycles. The highest BCUT2D eigenvalue weighted by molar-refractivity contribution is 5.88. The van der Waals surface area contributed by atoms with Crippen molar-refractivity contribution in [2.75, 3.05) is 6.61 Å². The second-order valence-corrected chi connectivity index (χ2v) is 5.96. The van der Waals surface area contributed by atoms with Gasteiger partial charge in [0.05, 0.1) is 25.6 Å². The number of hydrogen-bond donors (Lipinski definition) is 1. The first kappa shape index (κ1) is 17.3. The van der Waals surface area contributed by atoms with Crippen molar-refractivity contribution in [2.24, 2.45) is 5.92 Å². The van der Waals surface area contributed by atoms with E-state index in [2.05, 4.69) is 35.9 Å². The Hall–Kier alpha value is -2.08. The monoisotopic (exact) mass is 319 g/mol. The summed E-state index contributed by atoms with van der Waals surface area (Å²) in [4.78, 5) is 14.3. The van der Waals surface area contributed by atoms with Gasteiger partial charge in [0.1, 0.15) is 11.5 Å². The Morgan fingerprint density at radius 3 is 2.78 bits per heavy atom. The van der Waals surface area contributed by atoms with Crippen molar-refractivity contribution in [3.8, 4) is 0 Å². The molecule has 1 atom stereocenters. The molecule has 6 nitrogen and oxygen atoms in total. The van der Waals surface area contributed by atoms with Crippen molar-refractivity contribution in [1.29, 1.82) is 0 Å². The van der Waals surface area contributed by atoms with Crippen LogP contribution in [0.2, 0.25) is 0 Å². The number of rotatable bonds is 8. The van der Waals surface area contributed by atoms with E-state index >= 15 is 0 Å². The minimum atomic E-state index is -0.366. The minimum Gasteiger partial charge on any atom is -0.468 e. The van der Waals surface area contributed by atoms with Gasteiger partial charge in [-0.2, -0.15) is 5.10 Å². The summed E-state index contributed by atoms with van der Waals surface area (Å²) in [5, 5.41) is 6.75. The summed E-state index contributed by atoms with van der Waals surface area (Å²) in [6.07, 6.45) is 3.36. The van der Waals surface area contributed by atoms with E-state index in [1.807, 2.05) is 12.1 Å². The molecule has 0 aliphatic heterocycles. The Balaban J connectivity index is 2.17. The lowest BCUT2D eigenvalue weighted by molar-refractivity contribution is 0.0515. The lowest BCUT2D eigenvalue weighted by Gasteiger charge is -2.31. The molecule has 0 bridgehead atoms. The third-order valence-electron chi connectivity index (χ3n) is 4.05. The molecule has 2 aromatic heterocycles. The number of hydrogen-bond acceptors (Lipinski definition) is 5. The normalized spacial score (nSPS) is 12.8. The topological polar surface area (TPSA) is 71.4 Å². The summed E-state index contributed by atoms with van der Waals surface area (Å²) in [5.74, 6) is 1.01. The van der Waals surface area contributed by atoms with Crippen molar-refractivity contribution in [3.05, 3.63) is 41.6 Å². The molecule has 126 valence electrons. The van der Waals surface area contributed by atoms with Crippen LogP contribution in [-0.2, 0) is 17.8 Å². The first-order valence-corrected chi connectivity index (χ1v) is 7.98. The van der Waals surface area contributed by atoms with Crippen LogP contribution in [0, 0.1) is 5.92 Å². The summed E-state index contributed by atoms with van der Waals surface area (Å²) in [6, 6.07) is 4.17. The predicted molar refractivity (Wildman–Crippen MR) is 86.8 cm³/mol. The molecule has 0 unspecified atom stereocenters. The second kappa shape index (κ2) is 7.97. The average molecular weight is 319 g/mol. The molecular weight excluding hydrogens is 294 g/mol. The lowest BCUT2D eigenvalue weighted by Crippen LogP contribution is -2.36. The van der Waals surface area contributed by atoms with Gasteiger partial charge in [-0.3, -0.25) is 10.00 Å². The van der Waals surface area contributed by atoms with E-state index in [0.717, 1.165) is 11.3 Å². The number of carbonyl (C=O) groups is 1. The molecule has 0 radical (unpaired) electrons. The van der Waals surface area contributed by atoms with Crippen molar-refractivity contribution in [3.63, 3.8) is 0 Å². The van der Waals surface area contributed by atoms with Gasteiger partial charge < -0.3 is 9.15 Å². The number of carbonyl (C=O) groups excluding carboxylic acids is 1. The zero-order chi connectivity index (χ0) is 16.8. The number of nitrogens with zero attached hydrogens (tertiary/aromatic N) is 2. The van der Waals surface area contributed by atoms with Gasteiger partial charge in [0.2, 0.25) is 0 Å². The second-order valence-electron chi connectivity index (χ2n) is 5.96. The molecule has 0 aliphatic rings. The number of furan rings is 1. The number of ether oxygens (including phenoxy) is 1. The van der Waals surface area contributed by atoms with Crippen LogP contribution in [0.25, 0.3) is 0 Å². The highest BCUT2D eigenvalue weighted by Gasteiger charge is 2.23. The van der Waals surface area contributed by atoms with Crippen molar-refractivity contribution >= 4 is 5.97 Å². The lowest BCUT2D eigenvalue weighted by atomic mass is 10.0. The van der Waals surface area contributed by atoms with Crippen LogP contribution in [0.3, 0.4) is 0 Å². The summed E-state index contributed by atoms with van der Waals surface area (Å²) < 4.78 is 10.5. The molecule has 0 aromatic carbocycles. The van der Waals surface area contributed by atoms with E-state index in [1.165, 1.54) is 0 Å². The van der Waals surface area contributed by atoms with Gasteiger partial charge in [0.15, 0.2) is 0 Å². The zero-order valence-electron chi connectivity index (χ0n) is 14.2. The maximum atomic E-state index is 12.0. The summed E-state index contributed by atoms with van der Waals surface area (Å²) >= 11 is 0. The van der Waals surface area contributed by atoms with Crippen LogP contribution >= 0.6 is 0 Å². The molecule has 1 N–H and O–H groups in total. The molecule has 0 fully saturated rings. The first-order valence-electron chi connectivity index (χ1n) is 7.98. The molecule has 23 heavy (non-hydrogen) atoms. The molecule has 0 saturated carbocycles. The molecule has 2 rings (SSSR count). The van der Waals surface area contributed by atoms with Crippen LogP contribution in [0.4, 0.5) is 0 Å². The number of nitrogens with one attached hydrogen (secondary N) is 1. The van der Waals surface area contributed by atoms with Crippen molar-refractivity contribution in [1.82, 2.24) is 15.1 Å². The van der Waals surface area contributed by atoms with E-state index < -0.39 is 0 Å². The number of esters is 1. The fourth-order valence-electron chi connectivity index (χ4n) is 2.40. The summed E-state index contributed by atoms with van der Waals surface area (Å²) in [6.45, 7) is 9.96. The summed E-state index contributed by atoms with van der Waals surface area (Å²) in [7, 11) is 0. The van der Waals surface area contributed by atoms with Gasteiger partial charge in [-0.1, -0.05) is 13.8 Å². The van der Waals surface area contributed by atoms with Gasteiger partial charge in [0.25, 0.3) is 0 Å². The van der Waals surface area contributed by atoms with Crippen LogP contribution in [0.15, 0.2) is 29.0 Å². The number of aromatic amines is 1. The van der Waals surface area contributed by atoms with E-state index in [-0.39, 0.29) is 5.97 Å². The Bertz CT molecular complexity index is 604. The van der Waals surface area contributed by atoms with E-state index in [0.29, 0.717) is 37.4 Å². The minimum absolute atomic E-state index is 0.324. The van der Waals surface area contributed by atoms with E-state index in [4.69, 9.17) is 9.15 Å². The molecule has 2 aromatic rings. The van der Waals surface area contributed by atoms with Crippen LogP contribution in [-0.4, -0.2) is 33.7 Å². The summed E-state index contributed by atoms with van der Waals surface area (Å²) in [5.41, 5.74) is 1.26. The molecule has 0 spiro atoms. The Kier molecular flexibility index (Phi) is 5.98. The molecule has 0 amide bonds. The van der Waals surface area contributed by atoms with Gasteiger partial charge in [-0.05, 0) is 31.9 Å². The SMILES string of the molecule is CCOC(=O)c1[nH]ncc1CN(Cc1ccco1)[C@@H](C)C(C)C. The third kappa shape index (κ3) is 4.45. The standard InChI is InChI=1S/C17H25N3O3/c1-5-22-17(21)16-14(9-18-19-16)10-20(13(4)12(2)3)11-15-7-6-8-23-15/h6-9,12-13H,5,10-11H2,1-4H3,(H,18,19)/t13-/m0/s1. The highest BCUT2D eigenvalue weighted by Crippen LogP contribution is 2.19. The molecule has 2 heterocycles. The number of H-pyrrole nitrogens is 1. The third-order valence-corrected chi connectivity index (χ3v) is 4.05. The molecule has 0 saturated heterocycles. The fourth-order valence-corrected chi connectivity index (χ4v) is 2.40. The molecular formula is C17H25N3O3. The fraction of sp³-hybridized carbons (Fsp3) is 0.529. The van der Waals surface area contributed by atoms with E-state index in [1.54, 1.807) is 19.4 Å².